The van der Waals surface area contributed by atoms with E-state index in [0.717, 1.165) is 15.8 Å². The van der Waals surface area contributed by atoms with Gasteiger partial charge in [0.05, 0.1) is 15.7 Å². The van der Waals surface area contributed by atoms with Gasteiger partial charge in [0, 0.05) is 18.2 Å². The van der Waals surface area contributed by atoms with Crippen LogP contribution in [0.25, 0.3) is 10.2 Å². The Hall–Kier alpha value is -2.20. The lowest BCUT2D eigenvalue weighted by atomic mass is 10.1. The number of benzene rings is 2. The maximum atomic E-state index is 13.2. The highest BCUT2D eigenvalue weighted by Crippen LogP contribution is 2.36. The van der Waals surface area contributed by atoms with Gasteiger partial charge >= 0.3 is 0 Å². The number of hydrogen-bond acceptors (Lipinski definition) is 3. The average molecular weight is 336 g/mol. The Bertz CT molecular complexity index is 854. The van der Waals surface area contributed by atoms with Gasteiger partial charge in [0.2, 0.25) is 0 Å². The lowest BCUT2D eigenvalue weighted by Crippen LogP contribution is -2.39. The van der Waals surface area contributed by atoms with Gasteiger partial charge in [-0.2, -0.15) is 0 Å². The second kappa shape index (κ2) is 6.36. The van der Waals surface area contributed by atoms with Crippen LogP contribution in [0.4, 0.5) is 0 Å². The molecule has 1 fully saturated rings. The topological polar surface area (TPSA) is 33.2 Å². The molecular weight excluding hydrogens is 316 g/mol. The van der Waals surface area contributed by atoms with E-state index in [1.165, 1.54) is 18.4 Å². The number of aromatic nitrogens is 1. The van der Waals surface area contributed by atoms with Crippen molar-refractivity contribution in [1.82, 2.24) is 9.88 Å². The zero-order valence-corrected chi connectivity index (χ0v) is 14.5. The lowest BCUT2D eigenvalue weighted by molar-refractivity contribution is 0.0654. The van der Waals surface area contributed by atoms with Crippen molar-refractivity contribution >= 4 is 27.5 Å². The van der Waals surface area contributed by atoms with Crippen molar-refractivity contribution in [1.29, 1.82) is 0 Å². The zero-order chi connectivity index (χ0) is 16.5. The number of rotatable bonds is 5. The highest BCUT2D eigenvalue weighted by atomic mass is 32.1. The van der Waals surface area contributed by atoms with E-state index in [9.17, 15) is 4.79 Å². The molecule has 1 amide bonds. The van der Waals surface area contributed by atoms with Crippen LogP contribution in [0.5, 0.6) is 0 Å². The zero-order valence-electron chi connectivity index (χ0n) is 13.7. The van der Waals surface area contributed by atoms with E-state index in [-0.39, 0.29) is 11.9 Å². The Kier molecular flexibility index (Phi) is 4.07. The van der Waals surface area contributed by atoms with Gasteiger partial charge in [-0.05, 0) is 49.4 Å². The summed E-state index contributed by atoms with van der Waals surface area (Å²) in [5.41, 5.74) is 4.72. The van der Waals surface area contributed by atoms with Crippen LogP contribution in [0.15, 0.2) is 54.0 Å². The summed E-state index contributed by atoms with van der Waals surface area (Å²) in [7, 11) is 0. The number of fused-ring (bicyclic) bond motifs is 1. The number of carbonyl (C=O) groups excluding carboxylic acids is 1. The number of thiazole rings is 1. The van der Waals surface area contributed by atoms with Crippen LogP contribution in [-0.2, 0) is 6.54 Å². The summed E-state index contributed by atoms with van der Waals surface area (Å²) in [5.74, 6) is 0.762. The van der Waals surface area contributed by atoms with Crippen LogP contribution in [0, 0.1) is 5.92 Å². The predicted octanol–water partition coefficient (Wildman–Crippen LogP) is 4.74. The van der Waals surface area contributed by atoms with E-state index in [1.807, 2.05) is 46.8 Å². The van der Waals surface area contributed by atoms with Gasteiger partial charge in [0.25, 0.3) is 5.91 Å². The number of nitrogens with zero attached hydrogens (tertiary/aromatic N) is 2. The maximum Gasteiger partial charge on any atom is 0.254 e. The van der Waals surface area contributed by atoms with Crippen LogP contribution in [0.2, 0.25) is 0 Å². The molecule has 4 heteroatoms. The molecule has 0 radical (unpaired) electrons. The molecule has 4 rings (SSSR count). The third-order valence-corrected chi connectivity index (χ3v) is 5.62. The average Bonchev–Trinajstić information content (AvgIpc) is 3.36. The van der Waals surface area contributed by atoms with Crippen LogP contribution >= 0.6 is 11.3 Å². The largest absolute Gasteiger partial charge is 0.331 e. The smallest absolute Gasteiger partial charge is 0.254 e. The van der Waals surface area contributed by atoms with Crippen molar-refractivity contribution in [2.24, 2.45) is 5.92 Å². The summed E-state index contributed by atoms with van der Waals surface area (Å²) in [6.45, 7) is 2.85. The highest BCUT2D eigenvalue weighted by molar-refractivity contribution is 7.16. The summed E-state index contributed by atoms with van der Waals surface area (Å²) < 4.78 is 1.07. The summed E-state index contributed by atoms with van der Waals surface area (Å²) in [6.07, 6.45) is 2.46. The Labute approximate surface area is 146 Å². The molecule has 1 aliphatic rings. The van der Waals surface area contributed by atoms with E-state index < -0.39 is 0 Å². The van der Waals surface area contributed by atoms with Crippen molar-refractivity contribution in [2.75, 3.05) is 0 Å². The number of carbonyl (C=O) groups is 1. The van der Waals surface area contributed by atoms with Gasteiger partial charge in [-0.1, -0.05) is 30.3 Å². The maximum absolute atomic E-state index is 13.2. The first-order chi connectivity index (χ1) is 11.7. The van der Waals surface area contributed by atoms with Crippen LogP contribution < -0.4 is 0 Å². The minimum atomic E-state index is 0.119. The minimum Gasteiger partial charge on any atom is -0.331 e. The Balaban J connectivity index is 1.64. The summed E-state index contributed by atoms with van der Waals surface area (Å²) in [6, 6.07) is 16.4. The molecule has 1 saturated carbocycles. The standard InChI is InChI=1S/C20H20N2OS/c1-14(16-7-8-16)22(12-15-5-3-2-4-6-15)20(23)17-9-10-18-19(11-17)24-13-21-18/h2-6,9-11,13-14,16H,7-8,12H2,1H3. The van der Waals surface area contributed by atoms with E-state index in [0.29, 0.717) is 12.5 Å². The van der Waals surface area contributed by atoms with E-state index in [1.54, 1.807) is 11.3 Å². The molecule has 0 N–H and O–H groups in total. The van der Waals surface area contributed by atoms with E-state index in [2.05, 4.69) is 24.0 Å². The molecule has 1 heterocycles. The fourth-order valence-electron chi connectivity index (χ4n) is 3.17. The molecular formula is C20H20N2OS. The molecule has 1 unspecified atom stereocenters. The fourth-order valence-corrected chi connectivity index (χ4v) is 3.88. The SMILES string of the molecule is CC(C1CC1)N(Cc1ccccc1)C(=O)c1ccc2ncsc2c1. The van der Waals surface area contributed by atoms with Gasteiger partial charge in [-0.15, -0.1) is 11.3 Å². The van der Waals surface area contributed by atoms with Crippen molar-refractivity contribution in [3.05, 3.63) is 65.2 Å². The molecule has 1 atom stereocenters. The monoisotopic (exact) mass is 336 g/mol. The van der Waals surface area contributed by atoms with E-state index in [4.69, 9.17) is 0 Å². The van der Waals surface area contributed by atoms with Gasteiger partial charge < -0.3 is 4.90 Å². The molecule has 0 aliphatic heterocycles. The second-order valence-corrected chi connectivity index (χ2v) is 7.42. The molecule has 2 aromatic carbocycles. The first-order valence-corrected chi connectivity index (χ1v) is 9.28. The molecule has 1 aromatic heterocycles. The third kappa shape index (κ3) is 3.06. The quantitative estimate of drug-likeness (QED) is 0.674. The highest BCUT2D eigenvalue weighted by Gasteiger charge is 2.34. The van der Waals surface area contributed by atoms with Gasteiger partial charge in [-0.25, -0.2) is 4.98 Å². The van der Waals surface area contributed by atoms with Crippen molar-refractivity contribution in [3.8, 4) is 0 Å². The summed E-state index contributed by atoms with van der Waals surface area (Å²) in [4.78, 5) is 19.5. The molecule has 1 aliphatic carbocycles. The molecule has 0 spiro atoms. The molecule has 0 bridgehead atoms. The fraction of sp³-hybridized carbons (Fsp3) is 0.300. The third-order valence-electron chi connectivity index (χ3n) is 4.83. The Morgan fingerprint density at radius 3 is 2.79 bits per heavy atom. The second-order valence-electron chi connectivity index (χ2n) is 6.53. The Morgan fingerprint density at radius 1 is 1.25 bits per heavy atom. The van der Waals surface area contributed by atoms with Crippen molar-refractivity contribution < 1.29 is 4.79 Å². The molecule has 3 nitrogen and oxygen atoms in total. The van der Waals surface area contributed by atoms with Crippen LogP contribution in [0.1, 0.15) is 35.7 Å². The normalized spacial score (nSPS) is 15.4. The summed E-state index contributed by atoms with van der Waals surface area (Å²) in [5, 5.41) is 0. The molecule has 24 heavy (non-hydrogen) atoms. The molecule has 122 valence electrons. The lowest BCUT2D eigenvalue weighted by Gasteiger charge is -2.30. The van der Waals surface area contributed by atoms with Crippen molar-refractivity contribution in [2.45, 2.75) is 32.4 Å². The first kappa shape index (κ1) is 15.3. The Morgan fingerprint density at radius 2 is 2.04 bits per heavy atom. The van der Waals surface area contributed by atoms with Crippen LogP contribution in [-0.4, -0.2) is 21.8 Å². The number of amides is 1. The molecule has 0 saturated heterocycles. The van der Waals surface area contributed by atoms with Gasteiger partial charge in [0.15, 0.2) is 0 Å². The van der Waals surface area contributed by atoms with Crippen LogP contribution in [0.3, 0.4) is 0 Å². The van der Waals surface area contributed by atoms with Gasteiger partial charge in [0.1, 0.15) is 0 Å². The first-order valence-electron chi connectivity index (χ1n) is 8.40. The van der Waals surface area contributed by atoms with E-state index >= 15 is 0 Å². The predicted molar refractivity (Wildman–Crippen MR) is 98.1 cm³/mol. The minimum absolute atomic E-state index is 0.119. The molecule has 3 aromatic rings. The van der Waals surface area contributed by atoms with Gasteiger partial charge in [-0.3, -0.25) is 4.79 Å². The number of hydrogen-bond donors (Lipinski definition) is 0. The van der Waals surface area contributed by atoms with Crippen molar-refractivity contribution in [3.63, 3.8) is 0 Å². The summed E-state index contributed by atoms with van der Waals surface area (Å²) >= 11 is 1.58.